The SMILES string of the molecule is CCOC(=O)C1=C(C)N(Cn2c(-c3ccccc3)nc3ccccc32)C(C)=C(C(=O)OCC)C1c1ccccc1. The summed E-state index contributed by atoms with van der Waals surface area (Å²) in [4.78, 5) is 34.1. The number of aromatic nitrogens is 2. The van der Waals surface area contributed by atoms with E-state index in [1.165, 1.54) is 0 Å². The first-order valence-electron chi connectivity index (χ1n) is 13.5. The van der Waals surface area contributed by atoms with E-state index in [-0.39, 0.29) is 13.2 Å². The van der Waals surface area contributed by atoms with Crippen LogP contribution in [0.15, 0.2) is 107 Å². The van der Waals surface area contributed by atoms with Crippen molar-refractivity contribution in [1.29, 1.82) is 0 Å². The van der Waals surface area contributed by atoms with Gasteiger partial charge in [0.15, 0.2) is 0 Å². The highest BCUT2D eigenvalue weighted by Crippen LogP contribution is 2.43. The third kappa shape index (κ3) is 4.91. The molecule has 7 heteroatoms. The summed E-state index contributed by atoms with van der Waals surface area (Å²) >= 11 is 0. The fraction of sp³-hybridized carbons (Fsp3) is 0.242. The maximum atomic E-state index is 13.6. The van der Waals surface area contributed by atoms with Gasteiger partial charge in [0, 0.05) is 17.0 Å². The lowest BCUT2D eigenvalue weighted by Gasteiger charge is -2.38. The molecule has 5 rings (SSSR count). The molecule has 0 N–H and O–H groups in total. The molecule has 0 bridgehead atoms. The zero-order valence-corrected chi connectivity index (χ0v) is 23.3. The van der Waals surface area contributed by atoms with Crippen molar-refractivity contribution in [2.45, 2.75) is 40.3 Å². The molecule has 0 amide bonds. The second-order valence-corrected chi connectivity index (χ2v) is 9.57. The predicted molar refractivity (Wildman–Crippen MR) is 155 cm³/mol. The quantitative estimate of drug-likeness (QED) is 0.242. The van der Waals surface area contributed by atoms with E-state index in [0.29, 0.717) is 17.8 Å². The minimum Gasteiger partial charge on any atom is -0.463 e. The molecular formula is C33H33N3O4. The molecule has 7 nitrogen and oxygen atoms in total. The minimum absolute atomic E-state index is 0.221. The van der Waals surface area contributed by atoms with Gasteiger partial charge in [-0.3, -0.25) is 0 Å². The van der Waals surface area contributed by atoms with E-state index < -0.39 is 17.9 Å². The van der Waals surface area contributed by atoms with Crippen molar-refractivity contribution in [2.75, 3.05) is 13.2 Å². The number of allylic oxidation sites excluding steroid dienone is 2. The lowest BCUT2D eigenvalue weighted by Crippen LogP contribution is -2.36. The molecule has 1 aliphatic rings. The van der Waals surface area contributed by atoms with E-state index >= 15 is 0 Å². The van der Waals surface area contributed by atoms with E-state index in [1.807, 2.05) is 104 Å². The highest BCUT2D eigenvalue weighted by atomic mass is 16.5. The molecule has 204 valence electrons. The molecule has 0 saturated heterocycles. The molecule has 0 aliphatic carbocycles. The van der Waals surface area contributed by atoms with E-state index in [1.54, 1.807) is 13.8 Å². The number of hydrogen-bond acceptors (Lipinski definition) is 6. The molecule has 1 aliphatic heterocycles. The van der Waals surface area contributed by atoms with Crippen molar-refractivity contribution >= 4 is 23.0 Å². The number of carbonyl (C=O) groups is 2. The lowest BCUT2D eigenvalue weighted by atomic mass is 9.80. The lowest BCUT2D eigenvalue weighted by molar-refractivity contribution is -0.139. The zero-order valence-electron chi connectivity index (χ0n) is 23.3. The van der Waals surface area contributed by atoms with Crippen LogP contribution in [0.1, 0.15) is 39.2 Å². The van der Waals surface area contributed by atoms with Gasteiger partial charge in [-0.05, 0) is 45.4 Å². The number of fused-ring (bicyclic) bond motifs is 1. The monoisotopic (exact) mass is 535 g/mol. The minimum atomic E-state index is -0.622. The van der Waals surface area contributed by atoms with E-state index in [2.05, 4.69) is 4.57 Å². The van der Waals surface area contributed by atoms with Crippen LogP contribution in [0.3, 0.4) is 0 Å². The topological polar surface area (TPSA) is 73.7 Å². The molecule has 0 saturated carbocycles. The van der Waals surface area contributed by atoms with E-state index in [4.69, 9.17) is 14.5 Å². The van der Waals surface area contributed by atoms with Gasteiger partial charge in [0.2, 0.25) is 0 Å². The largest absolute Gasteiger partial charge is 0.463 e. The van der Waals surface area contributed by atoms with Gasteiger partial charge in [-0.15, -0.1) is 0 Å². The van der Waals surface area contributed by atoms with Crippen LogP contribution in [-0.4, -0.2) is 39.6 Å². The van der Waals surface area contributed by atoms with E-state index in [9.17, 15) is 9.59 Å². The van der Waals surface area contributed by atoms with E-state index in [0.717, 1.165) is 39.4 Å². The Morgan fingerprint density at radius 2 is 1.27 bits per heavy atom. The highest BCUT2D eigenvalue weighted by Gasteiger charge is 2.40. The Hall–Kier alpha value is -4.65. The van der Waals surface area contributed by atoms with Crippen LogP contribution in [0.25, 0.3) is 22.4 Å². The van der Waals surface area contributed by atoms with Crippen molar-refractivity contribution in [1.82, 2.24) is 14.5 Å². The third-order valence-corrected chi connectivity index (χ3v) is 7.26. The van der Waals surface area contributed by atoms with Crippen LogP contribution in [-0.2, 0) is 25.7 Å². The summed E-state index contributed by atoms with van der Waals surface area (Å²) in [6.07, 6.45) is 0. The smallest absolute Gasteiger partial charge is 0.336 e. The van der Waals surface area contributed by atoms with Gasteiger partial charge in [-0.1, -0.05) is 72.8 Å². The number of benzene rings is 3. The number of imidazole rings is 1. The van der Waals surface area contributed by atoms with Gasteiger partial charge in [-0.2, -0.15) is 0 Å². The summed E-state index contributed by atoms with van der Waals surface area (Å²) in [6.45, 7) is 8.16. The molecule has 0 radical (unpaired) electrons. The first-order valence-corrected chi connectivity index (χ1v) is 13.5. The number of esters is 2. The molecule has 1 aromatic heterocycles. The maximum absolute atomic E-state index is 13.6. The highest BCUT2D eigenvalue weighted by molar-refractivity contribution is 6.00. The Kier molecular flexibility index (Phi) is 7.82. The number of rotatable bonds is 8. The zero-order chi connectivity index (χ0) is 28.2. The van der Waals surface area contributed by atoms with Crippen LogP contribution >= 0.6 is 0 Å². The van der Waals surface area contributed by atoms with Crippen molar-refractivity contribution in [2.24, 2.45) is 0 Å². The van der Waals surface area contributed by atoms with Gasteiger partial charge in [0.1, 0.15) is 12.5 Å². The summed E-state index contributed by atoms with van der Waals surface area (Å²) in [5.41, 5.74) is 5.88. The Labute approximate surface area is 234 Å². The Balaban J connectivity index is 1.73. The van der Waals surface area contributed by atoms with Gasteiger partial charge >= 0.3 is 11.9 Å². The summed E-state index contributed by atoms with van der Waals surface area (Å²) in [6, 6.07) is 27.5. The van der Waals surface area contributed by atoms with Crippen LogP contribution < -0.4 is 0 Å². The van der Waals surface area contributed by atoms with Gasteiger partial charge in [0.25, 0.3) is 0 Å². The Morgan fingerprint density at radius 1 is 0.750 bits per heavy atom. The normalized spacial score (nSPS) is 14.2. The summed E-state index contributed by atoms with van der Waals surface area (Å²) in [7, 11) is 0. The van der Waals surface area contributed by atoms with Crippen LogP contribution in [0.2, 0.25) is 0 Å². The summed E-state index contributed by atoms with van der Waals surface area (Å²) in [5, 5.41) is 0. The van der Waals surface area contributed by atoms with Crippen molar-refractivity contribution in [3.8, 4) is 11.4 Å². The van der Waals surface area contributed by atoms with Gasteiger partial charge in [0.05, 0.1) is 41.3 Å². The third-order valence-electron chi connectivity index (χ3n) is 7.26. The maximum Gasteiger partial charge on any atom is 0.336 e. The average Bonchev–Trinajstić information content (AvgIpc) is 3.34. The second-order valence-electron chi connectivity index (χ2n) is 9.57. The molecule has 40 heavy (non-hydrogen) atoms. The molecule has 3 aromatic carbocycles. The standard InChI is InChI=1S/C33H33N3O4/c1-5-39-32(37)28-22(3)35(23(4)29(33(38)40-6-2)30(28)24-15-9-7-10-16-24)21-36-27-20-14-13-19-26(27)34-31(36)25-17-11-8-12-18-25/h7-20,30H,5-6,21H2,1-4H3. The number of carbonyl (C=O) groups excluding carboxylic acids is 2. The Morgan fingerprint density at radius 3 is 1.85 bits per heavy atom. The average molecular weight is 536 g/mol. The van der Waals surface area contributed by atoms with Crippen LogP contribution in [0, 0.1) is 0 Å². The number of ether oxygens (including phenoxy) is 2. The molecule has 0 unspecified atom stereocenters. The molecule has 4 aromatic rings. The van der Waals surface area contributed by atoms with Crippen LogP contribution in [0.5, 0.6) is 0 Å². The molecule has 0 spiro atoms. The summed E-state index contributed by atoms with van der Waals surface area (Å²) in [5.74, 6) is -0.731. The van der Waals surface area contributed by atoms with Gasteiger partial charge in [-0.25, -0.2) is 14.6 Å². The van der Waals surface area contributed by atoms with Crippen molar-refractivity contribution in [3.05, 3.63) is 113 Å². The van der Waals surface area contributed by atoms with Crippen LogP contribution in [0.4, 0.5) is 0 Å². The molecule has 2 heterocycles. The fourth-order valence-corrected chi connectivity index (χ4v) is 5.41. The molecular weight excluding hydrogens is 502 g/mol. The number of nitrogens with zero attached hydrogens (tertiary/aromatic N) is 3. The number of para-hydroxylation sites is 2. The number of hydrogen-bond donors (Lipinski definition) is 0. The molecule has 0 fully saturated rings. The first kappa shape index (κ1) is 26.9. The first-order chi connectivity index (χ1) is 19.5. The fourth-order valence-electron chi connectivity index (χ4n) is 5.41. The predicted octanol–water partition coefficient (Wildman–Crippen LogP) is 6.43. The second kappa shape index (κ2) is 11.6. The van der Waals surface area contributed by atoms with Crippen molar-refractivity contribution in [3.63, 3.8) is 0 Å². The van der Waals surface area contributed by atoms with Crippen molar-refractivity contribution < 1.29 is 19.1 Å². The van der Waals surface area contributed by atoms with Gasteiger partial charge < -0.3 is 18.9 Å². The molecule has 0 atom stereocenters. The Bertz CT molecular complexity index is 1560. The summed E-state index contributed by atoms with van der Waals surface area (Å²) < 4.78 is 13.2.